The van der Waals surface area contributed by atoms with E-state index in [4.69, 9.17) is 22.6 Å². The number of fused-ring (bicyclic) bond motifs is 11. The third kappa shape index (κ3) is 6.40. The molecule has 0 saturated heterocycles. The summed E-state index contributed by atoms with van der Waals surface area (Å²) >= 11 is 2.92. The number of nitrogens with zero attached hydrogens (tertiary/aromatic N) is 4. The number of carbonyl (C=O) groups is 2. The molecule has 342 valence electrons. The number of nitriles is 2. The summed E-state index contributed by atoms with van der Waals surface area (Å²) in [4.78, 5) is 37.9. The van der Waals surface area contributed by atoms with Crippen LogP contribution >= 0.6 is 22.7 Å². The second kappa shape index (κ2) is 16.0. The van der Waals surface area contributed by atoms with E-state index in [1.54, 1.807) is 12.2 Å². The van der Waals surface area contributed by atoms with Crippen LogP contribution in [0.25, 0.3) is 44.1 Å². The Morgan fingerprint density at radius 3 is 1.31 bits per heavy atom. The van der Waals surface area contributed by atoms with Crippen molar-refractivity contribution in [1.82, 2.24) is 0 Å². The Kier molecular flexibility index (Phi) is 9.96. The molecule has 12 rings (SSSR count). The minimum atomic E-state index is -1.20. The SMILES string of the molecule is [C-]#[N+]C(C#N)=C1/C(=C/c2cc3c(s2)C2=CC4C=C5OC6(CCCCC6)c6cc(/C=C7\C(=O)c8cc(F)c(F)cc8\C7=C(\C#N)[N+]#[C-])sc6C5=CC4C=C2OC32CCCCC2)C(=O)c2cc(F)c(F)cc21. The number of benzene rings is 2. The molecule has 2 fully saturated rings. The lowest BCUT2D eigenvalue weighted by Crippen LogP contribution is -2.37. The van der Waals surface area contributed by atoms with Crippen molar-refractivity contribution in [2.24, 2.45) is 11.8 Å². The third-order valence-electron chi connectivity index (χ3n) is 14.9. The predicted molar refractivity (Wildman–Crippen MR) is 255 cm³/mol. The highest BCUT2D eigenvalue weighted by Gasteiger charge is 2.49. The zero-order chi connectivity index (χ0) is 48.4. The number of thiophene rings is 2. The number of rotatable bonds is 2. The first kappa shape index (κ1) is 43.6. The van der Waals surface area contributed by atoms with Crippen molar-refractivity contribution in [1.29, 1.82) is 10.5 Å². The highest BCUT2D eigenvalue weighted by molar-refractivity contribution is 7.14. The van der Waals surface area contributed by atoms with Crippen LogP contribution in [0, 0.1) is 70.9 Å². The molecule has 4 heterocycles. The van der Waals surface area contributed by atoms with Crippen LogP contribution in [0.1, 0.15) is 127 Å². The Hall–Kier alpha value is -7.62. The molecule has 0 bridgehead atoms. The fourth-order valence-corrected chi connectivity index (χ4v) is 14.2. The van der Waals surface area contributed by atoms with E-state index in [9.17, 15) is 37.7 Å². The van der Waals surface area contributed by atoms with Gasteiger partial charge in [-0.25, -0.2) is 37.8 Å². The minimum Gasteiger partial charge on any atom is -0.482 e. The summed E-state index contributed by atoms with van der Waals surface area (Å²) in [5, 5.41) is 19.9. The molecule has 2 spiro atoms. The molecule has 2 unspecified atom stereocenters. The molecule has 4 aromatic rings. The summed E-state index contributed by atoms with van der Waals surface area (Å²) in [6.07, 6.45) is 20.8. The Balaban J connectivity index is 0.960. The maximum absolute atomic E-state index is 14.6. The predicted octanol–water partition coefficient (Wildman–Crippen LogP) is 14.1. The number of carbonyl (C=O) groups excluding carboxylic acids is 2. The third-order valence-corrected chi connectivity index (χ3v) is 17.2. The molecular weight excluding hydrogens is 933 g/mol. The van der Waals surface area contributed by atoms with Gasteiger partial charge in [0.15, 0.2) is 34.8 Å². The van der Waals surface area contributed by atoms with Gasteiger partial charge >= 0.3 is 0 Å². The normalized spacial score (nSPS) is 24.3. The van der Waals surface area contributed by atoms with Crippen molar-refractivity contribution in [2.75, 3.05) is 0 Å². The fraction of sp³-hybridized carbons (Fsp3) is 0.250. The van der Waals surface area contributed by atoms with Crippen LogP contribution in [0.3, 0.4) is 0 Å². The largest absolute Gasteiger partial charge is 0.482 e. The summed E-state index contributed by atoms with van der Waals surface area (Å²) in [6.45, 7) is 15.4. The van der Waals surface area contributed by atoms with Crippen molar-refractivity contribution in [3.63, 3.8) is 0 Å². The molecule has 2 atom stereocenters. The highest BCUT2D eigenvalue weighted by atomic mass is 32.1. The lowest BCUT2D eigenvalue weighted by molar-refractivity contribution is -0.0339. The van der Waals surface area contributed by atoms with Gasteiger partial charge < -0.3 is 9.47 Å². The number of hydrogen-bond donors (Lipinski definition) is 0. The molecule has 14 heteroatoms. The zero-order valence-corrected chi connectivity index (χ0v) is 38.5. The lowest BCUT2D eigenvalue weighted by atomic mass is 9.72. The zero-order valence-electron chi connectivity index (χ0n) is 36.9. The van der Waals surface area contributed by atoms with Crippen LogP contribution in [0.5, 0.6) is 0 Å². The van der Waals surface area contributed by atoms with Crippen molar-refractivity contribution >= 4 is 68.7 Å². The van der Waals surface area contributed by atoms with Crippen molar-refractivity contribution in [3.8, 4) is 12.1 Å². The lowest BCUT2D eigenvalue weighted by Gasteiger charge is -2.46. The highest BCUT2D eigenvalue weighted by Crippen LogP contribution is 2.59. The van der Waals surface area contributed by atoms with Gasteiger partial charge in [-0.15, -0.1) is 22.7 Å². The van der Waals surface area contributed by atoms with E-state index in [-0.39, 0.29) is 56.4 Å². The van der Waals surface area contributed by atoms with Crippen LogP contribution < -0.4 is 0 Å². The average molecular weight is 967 g/mol. The molecule has 6 aliphatic carbocycles. The van der Waals surface area contributed by atoms with Crippen LogP contribution in [0.15, 0.2) is 94.8 Å². The number of halogens is 4. The Labute approximate surface area is 407 Å². The van der Waals surface area contributed by atoms with Gasteiger partial charge in [-0.05, 0) is 123 Å². The standard InChI is InChI=1S/C56H34F4N4O4S2/c1-63-45(25-61)49-31-21-41(57)43(59)23-33(31)51(65)37(49)17-29-19-39-53(69-29)35-13-27-16-48-36(14-28(27)15-47(35)67-55(39)9-5-3-6-10-55)54-40(56(68-48)11-7-4-8-12-56)20-30(70-54)18-38-50(46(26-62)64-2)32-22-42(58)44(60)24-34(32)52(38)66/h13-24,27-28H,3-12H2/b37-17-,38-18-,49-45+,50-46?. The van der Waals surface area contributed by atoms with E-state index in [1.807, 2.05) is 24.3 Å². The monoisotopic (exact) mass is 966 g/mol. The van der Waals surface area contributed by atoms with Crippen LogP contribution in [-0.2, 0) is 20.7 Å². The molecule has 2 aromatic carbocycles. The van der Waals surface area contributed by atoms with Crippen LogP contribution in [0.2, 0.25) is 0 Å². The Bertz CT molecular complexity index is 3340. The maximum Gasteiger partial charge on any atom is 0.270 e. The fourth-order valence-electron chi connectivity index (χ4n) is 11.8. The van der Waals surface area contributed by atoms with Crippen LogP contribution in [-0.4, -0.2) is 11.6 Å². The van der Waals surface area contributed by atoms with E-state index in [1.165, 1.54) is 22.7 Å². The van der Waals surface area contributed by atoms with Gasteiger partial charge in [0, 0.05) is 87.0 Å². The maximum atomic E-state index is 14.6. The van der Waals surface area contributed by atoms with Gasteiger partial charge in [-0.2, -0.15) is 0 Å². The van der Waals surface area contributed by atoms with Crippen LogP contribution in [0.4, 0.5) is 17.6 Å². The molecule has 0 amide bonds. The summed E-state index contributed by atoms with van der Waals surface area (Å²) in [7, 11) is 0. The number of Topliss-reactive ketones (excluding diaryl/α,β-unsaturated/α-hetero) is 2. The quantitative estimate of drug-likeness (QED) is 0.0857. The Morgan fingerprint density at radius 1 is 0.586 bits per heavy atom. The van der Waals surface area contributed by atoms with Gasteiger partial charge in [0.25, 0.3) is 11.4 Å². The van der Waals surface area contributed by atoms with Gasteiger partial charge in [-0.3, -0.25) is 9.59 Å². The molecule has 0 N–H and O–H groups in total. The van der Waals surface area contributed by atoms with Crippen molar-refractivity contribution in [3.05, 3.63) is 194 Å². The smallest absolute Gasteiger partial charge is 0.270 e. The van der Waals surface area contributed by atoms with E-state index < -0.39 is 57.4 Å². The van der Waals surface area contributed by atoms with E-state index in [0.717, 1.165) is 132 Å². The summed E-state index contributed by atoms with van der Waals surface area (Å²) in [5.74, 6) is -4.81. The van der Waals surface area contributed by atoms with Crippen molar-refractivity contribution in [2.45, 2.75) is 75.4 Å². The number of ketones is 2. The van der Waals surface area contributed by atoms with E-state index in [2.05, 4.69) is 34.0 Å². The first-order chi connectivity index (χ1) is 33.9. The second-order valence-electron chi connectivity index (χ2n) is 18.8. The first-order valence-electron chi connectivity index (χ1n) is 23.0. The topological polar surface area (TPSA) is 109 Å². The van der Waals surface area contributed by atoms with Gasteiger partial charge in [0.05, 0.1) is 25.3 Å². The summed E-state index contributed by atoms with van der Waals surface area (Å²) in [6, 6.07) is 11.1. The second-order valence-corrected chi connectivity index (χ2v) is 20.9. The molecule has 2 aromatic heterocycles. The molecular formula is C56H34F4N4O4S2. The summed E-state index contributed by atoms with van der Waals surface area (Å²) < 4.78 is 72.5. The van der Waals surface area contributed by atoms with E-state index >= 15 is 0 Å². The first-order valence-corrected chi connectivity index (χ1v) is 24.6. The summed E-state index contributed by atoms with van der Waals surface area (Å²) in [5.41, 5.74) is 1.42. The molecule has 0 radical (unpaired) electrons. The van der Waals surface area contributed by atoms with Crippen molar-refractivity contribution < 1.29 is 36.6 Å². The number of allylic oxidation sites excluding steroid dienone is 12. The molecule has 2 saturated carbocycles. The molecule has 70 heavy (non-hydrogen) atoms. The molecule has 8 nitrogen and oxygen atoms in total. The van der Waals surface area contributed by atoms with E-state index in [0.29, 0.717) is 9.75 Å². The molecule has 8 aliphatic rings. The number of ether oxygens (including phenoxy) is 2. The Morgan fingerprint density at radius 2 is 0.957 bits per heavy atom. The average Bonchev–Trinajstić information content (AvgIpc) is 4.12. The molecule has 2 aliphatic heterocycles. The minimum absolute atomic E-state index is 0.00516. The van der Waals surface area contributed by atoms with Gasteiger partial charge in [-0.1, -0.05) is 25.0 Å². The van der Waals surface area contributed by atoms with Gasteiger partial charge in [0.2, 0.25) is 0 Å². The van der Waals surface area contributed by atoms with Gasteiger partial charge in [0.1, 0.15) is 22.7 Å². The number of hydrogen-bond acceptors (Lipinski definition) is 8.